The van der Waals surface area contributed by atoms with Crippen molar-refractivity contribution >= 4 is 28.3 Å². The molecular weight excluding hydrogens is 370 g/mol. The van der Waals surface area contributed by atoms with Crippen LogP contribution in [0.2, 0.25) is 5.02 Å². The van der Waals surface area contributed by atoms with Crippen LogP contribution >= 0.6 is 11.6 Å². The van der Waals surface area contributed by atoms with E-state index in [0.29, 0.717) is 17.3 Å². The lowest BCUT2D eigenvalue weighted by Gasteiger charge is -2.16. The first kappa shape index (κ1) is 18.4. The van der Waals surface area contributed by atoms with Gasteiger partial charge in [-0.25, -0.2) is 0 Å². The highest BCUT2D eigenvalue weighted by Crippen LogP contribution is 2.29. The van der Waals surface area contributed by atoms with E-state index in [2.05, 4.69) is 0 Å². The number of benzene rings is 2. The van der Waals surface area contributed by atoms with Crippen molar-refractivity contribution in [2.75, 3.05) is 13.3 Å². The Hall–Kier alpha value is -2.37. The van der Waals surface area contributed by atoms with Crippen LogP contribution in [0, 0.1) is 0 Å². The number of furan rings is 1. The molecule has 1 unspecified atom stereocenters. The smallest absolute Gasteiger partial charge is 0.289 e. The molecule has 0 bridgehead atoms. The minimum Gasteiger partial charge on any atom is -0.451 e. The van der Waals surface area contributed by atoms with Crippen molar-refractivity contribution in [2.45, 2.75) is 11.4 Å². The Morgan fingerprint density at radius 1 is 1.08 bits per heavy atom. The van der Waals surface area contributed by atoms with E-state index in [1.165, 1.54) is 0 Å². The fourth-order valence-corrected chi connectivity index (χ4v) is 3.33. The highest BCUT2D eigenvalue weighted by atomic mass is 35.5. The maximum absolute atomic E-state index is 12.6. The van der Waals surface area contributed by atoms with Crippen LogP contribution in [0.15, 0.2) is 70.0 Å². The maximum atomic E-state index is 12.6. The van der Waals surface area contributed by atoms with Crippen LogP contribution in [0.1, 0.15) is 16.1 Å². The van der Waals surface area contributed by atoms with E-state index >= 15 is 0 Å². The van der Waals surface area contributed by atoms with E-state index in [1.54, 1.807) is 36.4 Å². The summed E-state index contributed by atoms with van der Waals surface area (Å²) in [6.45, 7) is 0.428. The average molecular weight is 388 g/mol. The number of carbonyl (C=O) groups is 1. The van der Waals surface area contributed by atoms with Crippen molar-refractivity contribution in [2.24, 2.45) is 0 Å². The average Bonchev–Trinajstić information content (AvgIpc) is 3.11. The normalized spacial score (nSPS) is 12.0. The quantitative estimate of drug-likeness (QED) is 0.642. The molecule has 1 heterocycles. The monoisotopic (exact) mass is 387 g/mol. The molecule has 0 radical (unpaired) electrons. The minimum absolute atomic E-state index is 0.216. The van der Waals surface area contributed by atoms with E-state index in [-0.39, 0.29) is 11.7 Å². The van der Waals surface area contributed by atoms with Crippen molar-refractivity contribution < 1.29 is 13.4 Å². The molecule has 0 aliphatic rings. The van der Waals surface area contributed by atoms with Crippen molar-refractivity contribution in [3.63, 3.8) is 0 Å². The molecule has 1 amide bonds. The molecule has 2 aromatic carbocycles. The number of hydrogen-bond donors (Lipinski definition) is 0. The molecule has 3 rings (SSSR count). The molecule has 0 spiro atoms. The van der Waals surface area contributed by atoms with Crippen molar-refractivity contribution in [1.82, 2.24) is 4.90 Å². The van der Waals surface area contributed by atoms with Gasteiger partial charge in [0.05, 0.1) is 5.02 Å². The van der Waals surface area contributed by atoms with Gasteiger partial charge in [0.2, 0.25) is 0 Å². The van der Waals surface area contributed by atoms with Gasteiger partial charge in [-0.3, -0.25) is 9.00 Å². The Morgan fingerprint density at radius 2 is 1.77 bits per heavy atom. The van der Waals surface area contributed by atoms with E-state index in [9.17, 15) is 9.00 Å². The van der Waals surface area contributed by atoms with Gasteiger partial charge in [-0.1, -0.05) is 35.9 Å². The van der Waals surface area contributed by atoms with Crippen LogP contribution in [0.4, 0.5) is 0 Å². The number of amides is 1. The van der Waals surface area contributed by atoms with Gasteiger partial charge < -0.3 is 9.32 Å². The zero-order chi connectivity index (χ0) is 18.7. The van der Waals surface area contributed by atoms with Gasteiger partial charge in [0.1, 0.15) is 5.76 Å². The lowest BCUT2D eigenvalue weighted by atomic mass is 10.2. The summed E-state index contributed by atoms with van der Waals surface area (Å²) in [6.07, 6.45) is 1.64. The zero-order valence-corrected chi connectivity index (χ0v) is 16.0. The first-order chi connectivity index (χ1) is 12.5. The summed E-state index contributed by atoms with van der Waals surface area (Å²) < 4.78 is 17.1. The molecule has 0 saturated heterocycles. The van der Waals surface area contributed by atoms with Gasteiger partial charge >= 0.3 is 0 Å². The van der Waals surface area contributed by atoms with Crippen LogP contribution in [0.25, 0.3) is 11.3 Å². The van der Waals surface area contributed by atoms with Crippen molar-refractivity contribution in [1.29, 1.82) is 0 Å². The molecule has 1 aromatic heterocycles. The molecule has 4 nitrogen and oxygen atoms in total. The Morgan fingerprint density at radius 3 is 2.42 bits per heavy atom. The standard InChI is InChI=1S/C20H18ClNO3S/c1-22(13-14-7-9-15(10-8-14)26(2)24)20(23)19-12-11-18(25-19)16-5-3-4-6-17(16)21/h3-12H,13H2,1-2H3. The van der Waals surface area contributed by atoms with Gasteiger partial charge in [-0.15, -0.1) is 0 Å². The summed E-state index contributed by atoms with van der Waals surface area (Å²) in [4.78, 5) is 14.9. The molecule has 0 aliphatic carbocycles. The second-order valence-corrected chi connectivity index (χ2v) is 7.69. The zero-order valence-electron chi connectivity index (χ0n) is 14.4. The Labute approximate surface area is 159 Å². The van der Waals surface area contributed by atoms with Crippen molar-refractivity contribution in [3.8, 4) is 11.3 Å². The maximum Gasteiger partial charge on any atom is 0.289 e. The lowest BCUT2D eigenvalue weighted by molar-refractivity contribution is 0.0754. The van der Waals surface area contributed by atoms with Crippen LogP contribution in [-0.4, -0.2) is 28.3 Å². The molecule has 0 aliphatic heterocycles. The van der Waals surface area contributed by atoms with Gasteiger partial charge in [0.15, 0.2) is 5.76 Å². The molecule has 0 fully saturated rings. The molecule has 26 heavy (non-hydrogen) atoms. The Kier molecular flexibility index (Phi) is 5.59. The highest BCUT2D eigenvalue weighted by Gasteiger charge is 2.17. The van der Waals surface area contributed by atoms with Gasteiger partial charge in [0.25, 0.3) is 5.91 Å². The fourth-order valence-electron chi connectivity index (χ4n) is 2.58. The Bertz CT molecular complexity index is 950. The van der Waals surface area contributed by atoms with E-state index in [4.69, 9.17) is 16.0 Å². The molecule has 0 N–H and O–H groups in total. The summed E-state index contributed by atoms with van der Waals surface area (Å²) >= 11 is 6.18. The van der Waals surface area contributed by atoms with Crippen LogP contribution in [0.3, 0.4) is 0 Å². The second kappa shape index (κ2) is 7.89. The van der Waals surface area contributed by atoms with Gasteiger partial charge in [-0.05, 0) is 42.0 Å². The third-order valence-electron chi connectivity index (χ3n) is 3.98. The minimum atomic E-state index is -1.01. The van der Waals surface area contributed by atoms with Crippen LogP contribution in [-0.2, 0) is 17.3 Å². The third-order valence-corrected chi connectivity index (χ3v) is 5.24. The van der Waals surface area contributed by atoms with E-state index in [0.717, 1.165) is 16.0 Å². The van der Waals surface area contributed by atoms with Crippen molar-refractivity contribution in [3.05, 3.63) is 77.0 Å². The lowest BCUT2D eigenvalue weighted by Crippen LogP contribution is -2.25. The molecular formula is C20H18ClNO3S. The molecule has 6 heteroatoms. The summed E-state index contributed by atoms with van der Waals surface area (Å²) in [5.74, 6) is 0.599. The molecule has 0 saturated carbocycles. The SMILES string of the molecule is CN(Cc1ccc(S(C)=O)cc1)C(=O)c1ccc(-c2ccccc2Cl)o1. The summed E-state index contributed by atoms with van der Waals surface area (Å²) in [7, 11) is 0.702. The largest absolute Gasteiger partial charge is 0.451 e. The van der Waals surface area contributed by atoms with Crippen LogP contribution in [0.5, 0.6) is 0 Å². The van der Waals surface area contributed by atoms with Gasteiger partial charge in [-0.2, -0.15) is 0 Å². The third kappa shape index (κ3) is 4.06. The topological polar surface area (TPSA) is 50.5 Å². The second-order valence-electron chi connectivity index (χ2n) is 5.90. The molecule has 3 aromatic rings. The predicted octanol–water partition coefficient (Wildman–Crippen LogP) is 4.61. The number of carbonyl (C=O) groups excluding carboxylic acids is 1. The number of halogens is 1. The summed E-state index contributed by atoms with van der Waals surface area (Å²) in [5, 5.41) is 0.572. The number of nitrogens with zero attached hydrogens (tertiary/aromatic N) is 1. The summed E-state index contributed by atoms with van der Waals surface area (Å²) in [5.41, 5.74) is 1.70. The van der Waals surface area contributed by atoms with E-state index < -0.39 is 10.8 Å². The predicted molar refractivity (Wildman–Crippen MR) is 104 cm³/mol. The first-order valence-corrected chi connectivity index (χ1v) is 9.92. The Balaban J connectivity index is 1.73. The number of hydrogen-bond acceptors (Lipinski definition) is 3. The highest BCUT2D eigenvalue weighted by molar-refractivity contribution is 7.84. The van der Waals surface area contributed by atoms with E-state index in [1.807, 2.05) is 42.5 Å². The van der Waals surface area contributed by atoms with Gasteiger partial charge in [0, 0.05) is 41.1 Å². The number of rotatable bonds is 5. The first-order valence-electron chi connectivity index (χ1n) is 7.98. The molecule has 134 valence electrons. The summed E-state index contributed by atoms with van der Waals surface area (Å²) in [6, 6.07) is 18.1. The van der Waals surface area contributed by atoms with Crippen LogP contribution < -0.4 is 0 Å². The molecule has 1 atom stereocenters. The fraction of sp³-hybridized carbons (Fsp3) is 0.150.